The van der Waals surface area contributed by atoms with E-state index >= 15 is 0 Å². The number of nitrogens with zero attached hydrogens (tertiary/aromatic N) is 1. The monoisotopic (exact) mass is 345 g/mol. The summed E-state index contributed by atoms with van der Waals surface area (Å²) in [5.74, 6) is 0.105. The lowest BCUT2D eigenvalue weighted by Gasteiger charge is -2.29. The third kappa shape index (κ3) is 3.45. The minimum Gasteiger partial charge on any atom is -0.486 e. The lowest BCUT2D eigenvalue weighted by molar-refractivity contribution is 0.0500. The summed E-state index contributed by atoms with van der Waals surface area (Å²) >= 11 is 0. The summed E-state index contributed by atoms with van der Waals surface area (Å²) in [7, 11) is 1.61. The first kappa shape index (κ1) is 16.9. The molecule has 0 spiro atoms. The maximum absolute atomic E-state index is 12.5. The smallest absolute Gasteiger partial charge is 0.339 e. The normalized spacial score (nSPS) is 15.7. The number of aryl methyl sites for hydroxylation is 1. The van der Waals surface area contributed by atoms with Crippen LogP contribution >= 0.6 is 0 Å². The summed E-state index contributed by atoms with van der Waals surface area (Å²) in [6.07, 6.45) is 0.0815. The van der Waals surface area contributed by atoms with Gasteiger partial charge in [-0.2, -0.15) is 0 Å². The highest BCUT2D eigenvalue weighted by Crippen LogP contribution is 2.31. The van der Waals surface area contributed by atoms with Crippen molar-refractivity contribution in [1.29, 1.82) is 0 Å². The van der Waals surface area contributed by atoms with Gasteiger partial charge in [0.15, 0.2) is 23.4 Å². The van der Waals surface area contributed by atoms with E-state index in [1.54, 1.807) is 14.0 Å². The van der Waals surface area contributed by atoms with E-state index < -0.39 is 11.9 Å². The zero-order valence-corrected chi connectivity index (χ0v) is 14.0. The van der Waals surface area contributed by atoms with Gasteiger partial charge in [0.2, 0.25) is 0 Å². The van der Waals surface area contributed by atoms with Gasteiger partial charge in [0.05, 0.1) is 6.54 Å². The molecule has 1 aliphatic rings. The molecule has 1 atom stereocenters. The molecule has 25 heavy (non-hydrogen) atoms. The van der Waals surface area contributed by atoms with E-state index in [0.717, 1.165) is 0 Å². The van der Waals surface area contributed by atoms with E-state index in [1.807, 2.05) is 24.3 Å². The lowest BCUT2D eigenvalue weighted by atomic mass is 10.2. The van der Waals surface area contributed by atoms with Gasteiger partial charge in [-0.1, -0.05) is 19.1 Å². The van der Waals surface area contributed by atoms with E-state index in [0.29, 0.717) is 24.5 Å². The Morgan fingerprint density at radius 2 is 2.00 bits per heavy atom. The number of aromatic carboxylic acids is 1. The second-order valence-electron chi connectivity index (χ2n) is 5.79. The van der Waals surface area contributed by atoms with Crippen molar-refractivity contribution in [3.8, 4) is 11.5 Å². The Balaban J connectivity index is 1.68. The zero-order chi connectivity index (χ0) is 18.0. The summed E-state index contributed by atoms with van der Waals surface area (Å²) in [5.41, 5.74) is 0.0189. The molecular weight excluding hydrogens is 326 g/mol. The van der Waals surface area contributed by atoms with Crippen LogP contribution in [0.5, 0.6) is 11.5 Å². The predicted molar refractivity (Wildman–Crippen MR) is 88.4 cm³/mol. The highest BCUT2D eigenvalue weighted by atomic mass is 16.6. The first-order valence-corrected chi connectivity index (χ1v) is 7.99. The van der Waals surface area contributed by atoms with Crippen LogP contribution < -0.4 is 9.47 Å². The molecule has 0 fully saturated rings. The van der Waals surface area contributed by atoms with Gasteiger partial charge >= 0.3 is 5.97 Å². The van der Waals surface area contributed by atoms with Crippen LogP contribution in [-0.2, 0) is 6.42 Å². The molecule has 0 bridgehead atoms. The van der Waals surface area contributed by atoms with Crippen LogP contribution in [0.3, 0.4) is 0 Å². The molecule has 1 amide bonds. The molecule has 0 radical (unpaired) electrons. The highest BCUT2D eigenvalue weighted by molar-refractivity contribution is 5.96. The SMILES string of the molecule is CCc1oc(C(=O)N(C)CC2COc3ccccc3O2)cc1C(=O)O. The standard InChI is InChI=1S/C18H19NO6/c1-3-13-12(18(21)22)8-16(25-13)17(20)19(2)9-11-10-23-14-6-4-5-7-15(14)24-11/h4-8,11H,3,9-10H2,1-2H3,(H,21,22). The number of likely N-dealkylation sites (N-methyl/N-ethyl adjacent to an activating group) is 1. The topological polar surface area (TPSA) is 89.2 Å². The number of carboxylic acids is 1. The molecule has 1 aliphatic heterocycles. The molecule has 7 nitrogen and oxygen atoms in total. The van der Waals surface area contributed by atoms with Crippen LogP contribution in [-0.4, -0.2) is 48.2 Å². The summed E-state index contributed by atoms with van der Waals surface area (Å²) in [6, 6.07) is 8.61. The van der Waals surface area contributed by atoms with Crippen molar-refractivity contribution in [2.75, 3.05) is 20.2 Å². The average molecular weight is 345 g/mol. The number of amides is 1. The lowest BCUT2D eigenvalue weighted by Crippen LogP contribution is -2.41. The number of ether oxygens (including phenoxy) is 2. The number of carbonyl (C=O) groups excluding carboxylic acids is 1. The fourth-order valence-corrected chi connectivity index (χ4v) is 2.71. The number of hydrogen-bond acceptors (Lipinski definition) is 5. The van der Waals surface area contributed by atoms with Crippen LogP contribution in [0.25, 0.3) is 0 Å². The van der Waals surface area contributed by atoms with Crippen molar-refractivity contribution >= 4 is 11.9 Å². The molecule has 3 rings (SSSR count). The predicted octanol–water partition coefficient (Wildman–Crippen LogP) is 2.45. The van der Waals surface area contributed by atoms with E-state index in [1.165, 1.54) is 11.0 Å². The number of furan rings is 1. The van der Waals surface area contributed by atoms with Crippen molar-refractivity contribution in [3.05, 3.63) is 47.4 Å². The second kappa shape index (κ2) is 6.88. The van der Waals surface area contributed by atoms with Crippen molar-refractivity contribution in [2.24, 2.45) is 0 Å². The Kier molecular flexibility index (Phi) is 4.65. The molecule has 0 aliphatic carbocycles. The molecule has 1 aromatic carbocycles. The molecular formula is C18H19NO6. The third-order valence-electron chi connectivity index (χ3n) is 3.96. The number of fused-ring (bicyclic) bond motifs is 1. The Bertz CT molecular complexity index is 797. The van der Waals surface area contributed by atoms with Crippen LogP contribution in [0.15, 0.2) is 34.7 Å². The Labute approximate surface area is 144 Å². The minimum absolute atomic E-state index is 0.00822. The van der Waals surface area contributed by atoms with E-state index in [2.05, 4.69) is 0 Å². The molecule has 0 saturated heterocycles. The van der Waals surface area contributed by atoms with Crippen molar-refractivity contribution in [3.63, 3.8) is 0 Å². The average Bonchev–Trinajstić information content (AvgIpc) is 3.05. The first-order valence-electron chi connectivity index (χ1n) is 7.99. The van der Waals surface area contributed by atoms with Crippen LogP contribution in [0.4, 0.5) is 0 Å². The number of benzene rings is 1. The zero-order valence-electron chi connectivity index (χ0n) is 14.0. The Hall–Kier alpha value is -2.96. The number of carboxylic acid groups (broad SMARTS) is 1. The quantitative estimate of drug-likeness (QED) is 0.895. The van der Waals surface area contributed by atoms with E-state index in [-0.39, 0.29) is 29.7 Å². The number of rotatable bonds is 5. The van der Waals surface area contributed by atoms with Gasteiger partial charge in [-0.05, 0) is 12.1 Å². The Morgan fingerprint density at radius 1 is 1.28 bits per heavy atom. The number of para-hydroxylation sites is 2. The largest absolute Gasteiger partial charge is 0.486 e. The summed E-state index contributed by atoms with van der Waals surface area (Å²) in [6.45, 7) is 2.39. The molecule has 1 N–H and O–H groups in total. The molecule has 1 unspecified atom stereocenters. The molecule has 132 valence electrons. The molecule has 2 heterocycles. The van der Waals surface area contributed by atoms with Gasteiger partial charge in [-0.3, -0.25) is 4.79 Å². The third-order valence-corrected chi connectivity index (χ3v) is 3.96. The second-order valence-corrected chi connectivity index (χ2v) is 5.79. The van der Waals surface area contributed by atoms with Crippen LogP contribution in [0.1, 0.15) is 33.6 Å². The number of hydrogen-bond donors (Lipinski definition) is 1. The van der Waals surface area contributed by atoms with E-state index in [4.69, 9.17) is 19.0 Å². The van der Waals surface area contributed by atoms with Crippen LogP contribution in [0, 0.1) is 0 Å². The highest BCUT2D eigenvalue weighted by Gasteiger charge is 2.27. The van der Waals surface area contributed by atoms with Gasteiger partial charge in [0, 0.05) is 19.5 Å². The van der Waals surface area contributed by atoms with Crippen molar-refractivity contribution < 1.29 is 28.6 Å². The van der Waals surface area contributed by atoms with Crippen molar-refractivity contribution in [1.82, 2.24) is 4.90 Å². The van der Waals surface area contributed by atoms with E-state index in [9.17, 15) is 9.59 Å². The summed E-state index contributed by atoms with van der Waals surface area (Å²) < 4.78 is 16.9. The maximum Gasteiger partial charge on any atom is 0.339 e. The van der Waals surface area contributed by atoms with Gasteiger partial charge in [0.25, 0.3) is 5.91 Å². The van der Waals surface area contributed by atoms with Gasteiger partial charge in [-0.25, -0.2) is 4.79 Å². The Morgan fingerprint density at radius 3 is 2.64 bits per heavy atom. The van der Waals surface area contributed by atoms with Crippen molar-refractivity contribution in [2.45, 2.75) is 19.4 Å². The van der Waals surface area contributed by atoms with Gasteiger partial charge in [-0.15, -0.1) is 0 Å². The fraction of sp³-hybridized carbons (Fsp3) is 0.333. The molecule has 0 saturated carbocycles. The fourth-order valence-electron chi connectivity index (χ4n) is 2.71. The summed E-state index contributed by atoms with van der Waals surface area (Å²) in [5, 5.41) is 9.16. The minimum atomic E-state index is -1.11. The summed E-state index contributed by atoms with van der Waals surface area (Å²) in [4.78, 5) is 25.1. The molecule has 1 aromatic heterocycles. The first-order chi connectivity index (χ1) is 12.0. The van der Waals surface area contributed by atoms with Gasteiger partial charge in [0.1, 0.15) is 17.9 Å². The number of carbonyl (C=O) groups is 2. The van der Waals surface area contributed by atoms with Gasteiger partial charge < -0.3 is 23.9 Å². The molecule has 7 heteroatoms. The maximum atomic E-state index is 12.5. The molecule has 2 aromatic rings. The van der Waals surface area contributed by atoms with Crippen LogP contribution in [0.2, 0.25) is 0 Å².